The molecule has 0 aliphatic heterocycles. The first-order valence-electron chi connectivity index (χ1n) is 9.14. The van der Waals surface area contributed by atoms with E-state index in [2.05, 4.69) is 45.2 Å². The van der Waals surface area contributed by atoms with Crippen molar-refractivity contribution in [1.82, 2.24) is 5.43 Å². The maximum absolute atomic E-state index is 12.2. The normalized spacial score (nSPS) is 11.4. The highest BCUT2D eigenvalue weighted by Crippen LogP contribution is 2.20. The van der Waals surface area contributed by atoms with E-state index < -0.39 is 15.9 Å². The van der Waals surface area contributed by atoms with E-state index in [0.29, 0.717) is 5.69 Å². The quantitative estimate of drug-likeness (QED) is 0.441. The van der Waals surface area contributed by atoms with Gasteiger partial charge in [0.05, 0.1) is 18.2 Å². The molecule has 7 nitrogen and oxygen atoms in total. The summed E-state index contributed by atoms with van der Waals surface area (Å²) in [7, 11) is -3.62. The van der Waals surface area contributed by atoms with Crippen LogP contribution in [0.25, 0.3) is 0 Å². The number of amides is 1. The van der Waals surface area contributed by atoms with Crippen molar-refractivity contribution in [3.05, 3.63) is 58.6 Å². The Morgan fingerprint density at radius 1 is 1.03 bits per heavy atom. The van der Waals surface area contributed by atoms with Gasteiger partial charge in [-0.1, -0.05) is 28.1 Å². The fourth-order valence-corrected chi connectivity index (χ4v) is 3.83. The van der Waals surface area contributed by atoms with Crippen LogP contribution in [-0.4, -0.2) is 46.4 Å². The Balaban J connectivity index is 2.01. The molecular weight excluding hydrogens is 456 g/mol. The van der Waals surface area contributed by atoms with Gasteiger partial charge in [-0.2, -0.15) is 5.10 Å². The van der Waals surface area contributed by atoms with E-state index in [1.54, 1.807) is 24.3 Å². The molecule has 9 heteroatoms. The average molecular weight is 481 g/mol. The number of halogens is 1. The third-order valence-corrected chi connectivity index (χ3v) is 5.90. The molecule has 156 valence electrons. The SMILES string of the molecule is CCN(CC)c1ccc(/C=N\NC(=O)CN(c2ccc(Br)cc2)S(C)(=O)=O)cc1. The summed E-state index contributed by atoms with van der Waals surface area (Å²) in [4.78, 5) is 14.4. The summed E-state index contributed by atoms with van der Waals surface area (Å²) in [6, 6.07) is 14.5. The number of hydrazone groups is 1. The van der Waals surface area contributed by atoms with Gasteiger partial charge in [-0.15, -0.1) is 0 Å². The van der Waals surface area contributed by atoms with Crippen LogP contribution in [0.15, 0.2) is 58.1 Å². The lowest BCUT2D eigenvalue weighted by Gasteiger charge is -2.21. The van der Waals surface area contributed by atoms with Crippen molar-refractivity contribution in [3.8, 4) is 0 Å². The number of rotatable bonds is 9. The summed E-state index contributed by atoms with van der Waals surface area (Å²) in [6.07, 6.45) is 2.58. The molecule has 0 atom stereocenters. The molecule has 2 aromatic carbocycles. The Morgan fingerprint density at radius 2 is 1.59 bits per heavy atom. The van der Waals surface area contributed by atoms with Crippen LogP contribution < -0.4 is 14.6 Å². The van der Waals surface area contributed by atoms with E-state index in [1.165, 1.54) is 6.21 Å². The second-order valence-electron chi connectivity index (χ2n) is 6.30. The zero-order chi connectivity index (χ0) is 21.4. The molecule has 0 saturated carbocycles. The first kappa shape index (κ1) is 22.9. The first-order valence-corrected chi connectivity index (χ1v) is 11.8. The highest BCUT2D eigenvalue weighted by atomic mass is 79.9. The molecule has 1 amide bonds. The zero-order valence-electron chi connectivity index (χ0n) is 16.7. The van der Waals surface area contributed by atoms with E-state index in [9.17, 15) is 13.2 Å². The molecule has 0 fully saturated rings. The molecule has 0 aromatic heterocycles. The molecule has 0 saturated heterocycles. The van der Waals surface area contributed by atoms with Crippen LogP contribution in [-0.2, 0) is 14.8 Å². The number of sulfonamides is 1. The number of anilines is 2. The standard InChI is InChI=1S/C20H25BrN4O3S/c1-4-24(5-2)18-10-6-16(7-11-18)14-22-23-20(26)15-25(29(3,27)28)19-12-8-17(21)9-13-19/h6-14H,4-5,15H2,1-3H3,(H,23,26)/b22-14-. The molecule has 0 aliphatic rings. The number of nitrogens with one attached hydrogen (secondary N) is 1. The number of hydrogen-bond acceptors (Lipinski definition) is 5. The van der Waals surface area contributed by atoms with E-state index in [1.807, 2.05) is 24.3 Å². The largest absolute Gasteiger partial charge is 0.372 e. The number of benzene rings is 2. The van der Waals surface area contributed by atoms with Gasteiger partial charge in [0, 0.05) is 23.2 Å². The van der Waals surface area contributed by atoms with Crippen LogP contribution >= 0.6 is 15.9 Å². The van der Waals surface area contributed by atoms with Gasteiger partial charge in [0.25, 0.3) is 5.91 Å². The minimum atomic E-state index is -3.62. The summed E-state index contributed by atoms with van der Waals surface area (Å²) in [6.45, 7) is 5.69. The van der Waals surface area contributed by atoms with Crippen molar-refractivity contribution < 1.29 is 13.2 Å². The van der Waals surface area contributed by atoms with Crippen molar-refractivity contribution in [1.29, 1.82) is 0 Å². The van der Waals surface area contributed by atoms with Crippen LogP contribution in [0.1, 0.15) is 19.4 Å². The molecule has 0 unspecified atom stereocenters. The predicted octanol–water partition coefficient (Wildman–Crippen LogP) is 3.21. The number of carbonyl (C=O) groups is 1. The van der Waals surface area contributed by atoms with E-state index >= 15 is 0 Å². The van der Waals surface area contributed by atoms with Crippen molar-refractivity contribution in [2.24, 2.45) is 5.10 Å². The minimum Gasteiger partial charge on any atom is -0.372 e. The summed E-state index contributed by atoms with van der Waals surface area (Å²) >= 11 is 3.30. The van der Waals surface area contributed by atoms with Crippen LogP contribution in [0, 0.1) is 0 Å². The maximum atomic E-state index is 12.2. The molecule has 2 rings (SSSR count). The molecule has 0 aliphatic carbocycles. The molecule has 1 N–H and O–H groups in total. The van der Waals surface area contributed by atoms with Gasteiger partial charge in [-0.25, -0.2) is 13.8 Å². The van der Waals surface area contributed by atoms with Gasteiger partial charge in [0.2, 0.25) is 10.0 Å². The monoisotopic (exact) mass is 480 g/mol. The Hall–Kier alpha value is -2.39. The van der Waals surface area contributed by atoms with E-state index in [4.69, 9.17) is 0 Å². The number of carbonyl (C=O) groups excluding carboxylic acids is 1. The summed E-state index contributed by atoms with van der Waals surface area (Å²) in [5, 5.41) is 3.93. The minimum absolute atomic E-state index is 0.362. The van der Waals surface area contributed by atoms with Crippen LogP contribution in [0.4, 0.5) is 11.4 Å². The molecule has 29 heavy (non-hydrogen) atoms. The molecule has 2 aromatic rings. The van der Waals surface area contributed by atoms with Gasteiger partial charge in [-0.05, 0) is 55.8 Å². The first-order chi connectivity index (χ1) is 13.7. The Morgan fingerprint density at radius 3 is 2.10 bits per heavy atom. The third-order valence-electron chi connectivity index (χ3n) is 4.23. The van der Waals surface area contributed by atoms with Gasteiger partial charge < -0.3 is 4.90 Å². The van der Waals surface area contributed by atoms with Crippen molar-refractivity contribution >= 4 is 49.4 Å². The Kier molecular flexibility index (Phi) is 8.21. The highest BCUT2D eigenvalue weighted by Gasteiger charge is 2.20. The fourth-order valence-electron chi connectivity index (χ4n) is 2.71. The average Bonchev–Trinajstić information content (AvgIpc) is 2.68. The van der Waals surface area contributed by atoms with Gasteiger partial charge >= 0.3 is 0 Å². The molecule has 0 spiro atoms. The van der Waals surface area contributed by atoms with Crippen LogP contribution in [0.5, 0.6) is 0 Å². The number of nitrogens with zero attached hydrogens (tertiary/aromatic N) is 3. The molecular formula is C20H25BrN4O3S. The highest BCUT2D eigenvalue weighted by molar-refractivity contribution is 9.10. The second-order valence-corrected chi connectivity index (χ2v) is 9.13. The summed E-state index contributed by atoms with van der Waals surface area (Å²) in [5.74, 6) is -0.533. The summed E-state index contributed by atoms with van der Waals surface area (Å²) < 4.78 is 26.0. The van der Waals surface area contributed by atoms with Crippen LogP contribution in [0.3, 0.4) is 0 Å². The topological polar surface area (TPSA) is 82.1 Å². The summed E-state index contributed by atoms with van der Waals surface area (Å²) in [5.41, 5.74) is 4.73. The van der Waals surface area contributed by atoms with Gasteiger partial charge in [0.15, 0.2) is 0 Å². The lowest BCUT2D eigenvalue weighted by molar-refractivity contribution is -0.119. The Labute approximate surface area is 180 Å². The number of hydrogen-bond donors (Lipinski definition) is 1. The maximum Gasteiger partial charge on any atom is 0.260 e. The van der Waals surface area contributed by atoms with E-state index in [-0.39, 0.29) is 6.54 Å². The predicted molar refractivity (Wildman–Crippen MR) is 122 cm³/mol. The molecule has 0 heterocycles. The van der Waals surface area contributed by atoms with Gasteiger partial charge in [0.1, 0.15) is 6.54 Å². The van der Waals surface area contributed by atoms with Crippen molar-refractivity contribution in [2.75, 3.05) is 35.1 Å². The van der Waals surface area contributed by atoms with Crippen molar-refractivity contribution in [2.45, 2.75) is 13.8 Å². The van der Waals surface area contributed by atoms with E-state index in [0.717, 1.165) is 39.4 Å². The lowest BCUT2D eigenvalue weighted by Crippen LogP contribution is -2.39. The van der Waals surface area contributed by atoms with Gasteiger partial charge in [-0.3, -0.25) is 9.10 Å². The fraction of sp³-hybridized carbons (Fsp3) is 0.300. The van der Waals surface area contributed by atoms with Crippen LogP contribution in [0.2, 0.25) is 0 Å². The smallest absolute Gasteiger partial charge is 0.260 e. The molecule has 0 bridgehead atoms. The third kappa shape index (κ3) is 6.86. The second kappa shape index (κ2) is 10.4. The lowest BCUT2D eigenvalue weighted by atomic mass is 10.2. The molecule has 0 radical (unpaired) electrons. The Bertz CT molecular complexity index is 941. The van der Waals surface area contributed by atoms with Crippen molar-refractivity contribution in [3.63, 3.8) is 0 Å². The zero-order valence-corrected chi connectivity index (χ0v) is 19.1.